The van der Waals surface area contributed by atoms with Gasteiger partial charge in [0.1, 0.15) is 11.6 Å². The fourth-order valence-electron chi connectivity index (χ4n) is 3.29. The van der Waals surface area contributed by atoms with Gasteiger partial charge in [-0.2, -0.15) is 13.2 Å². The monoisotopic (exact) mass is 425 g/mol. The van der Waals surface area contributed by atoms with Crippen LogP contribution in [0.25, 0.3) is 0 Å². The van der Waals surface area contributed by atoms with E-state index in [1.54, 1.807) is 7.11 Å². The Kier molecular flexibility index (Phi) is 7.52. The topological polar surface area (TPSA) is 58.1 Å². The Morgan fingerprint density at radius 3 is 2.33 bits per heavy atom. The van der Waals surface area contributed by atoms with E-state index < -0.39 is 17.8 Å². The van der Waals surface area contributed by atoms with Gasteiger partial charge in [0.15, 0.2) is 0 Å². The van der Waals surface area contributed by atoms with Crippen LogP contribution in [0.5, 0.6) is 5.75 Å². The minimum Gasteiger partial charge on any atom is -0.497 e. The van der Waals surface area contributed by atoms with Crippen molar-refractivity contribution in [2.45, 2.75) is 18.9 Å². The zero-order chi connectivity index (χ0) is 21.6. The molecule has 0 saturated carbocycles. The predicted molar refractivity (Wildman–Crippen MR) is 107 cm³/mol. The number of aliphatic hydroxyl groups is 1. The first-order valence-corrected chi connectivity index (χ1v) is 9.74. The third kappa shape index (κ3) is 6.32. The molecule has 0 aliphatic carbocycles. The molecule has 1 atom stereocenters. The molecule has 1 aliphatic rings. The Bertz CT molecular complexity index is 777. The van der Waals surface area contributed by atoms with E-state index in [4.69, 9.17) is 9.47 Å². The Morgan fingerprint density at radius 2 is 1.77 bits per heavy atom. The molecule has 2 aromatic rings. The lowest BCUT2D eigenvalue weighted by Crippen LogP contribution is -2.49. The molecule has 3 rings (SSSR count). The van der Waals surface area contributed by atoms with Gasteiger partial charge in [-0.3, -0.25) is 4.90 Å². The SMILES string of the molecule is COc1ccc(COC[C@H](O)CN2CCN(c3ccc(C(F)(F)F)cn3)CC2)cc1. The molecule has 1 aromatic heterocycles. The molecule has 1 aromatic carbocycles. The average molecular weight is 425 g/mol. The van der Waals surface area contributed by atoms with Gasteiger partial charge in [-0.05, 0) is 29.8 Å². The fourth-order valence-corrected chi connectivity index (χ4v) is 3.29. The lowest BCUT2D eigenvalue weighted by Gasteiger charge is -2.36. The first-order chi connectivity index (χ1) is 14.3. The summed E-state index contributed by atoms with van der Waals surface area (Å²) >= 11 is 0. The molecule has 1 N–H and O–H groups in total. The molecule has 0 unspecified atom stereocenters. The van der Waals surface area contributed by atoms with Gasteiger partial charge >= 0.3 is 6.18 Å². The summed E-state index contributed by atoms with van der Waals surface area (Å²) in [6.07, 6.45) is -4.12. The van der Waals surface area contributed by atoms with Gasteiger partial charge in [-0.1, -0.05) is 12.1 Å². The van der Waals surface area contributed by atoms with E-state index in [0.717, 1.165) is 23.6 Å². The fraction of sp³-hybridized carbons (Fsp3) is 0.476. The van der Waals surface area contributed by atoms with Crippen molar-refractivity contribution in [3.05, 3.63) is 53.7 Å². The molecule has 0 radical (unpaired) electrons. The number of anilines is 1. The highest BCUT2D eigenvalue weighted by atomic mass is 19.4. The molecule has 0 amide bonds. The van der Waals surface area contributed by atoms with Crippen LogP contribution >= 0.6 is 0 Å². The summed E-state index contributed by atoms with van der Waals surface area (Å²) in [5.74, 6) is 1.32. The minimum absolute atomic E-state index is 0.229. The normalized spacial score (nSPS) is 16.5. The maximum absolute atomic E-state index is 12.7. The van der Waals surface area contributed by atoms with Crippen molar-refractivity contribution in [1.29, 1.82) is 0 Å². The van der Waals surface area contributed by atoms with E-state index in [2.05, 4.69) is 9.88 Å². The number of hydrogen-bond acceptors (Lipinski definition) is 6. The predicted octanol–water partition coefficient (Wildman–Crippen LogP) is 2.81. The van der Waals surface area contributed by atoms with Crippen molar-refractivity contribution >= 4 is 5.82 Å². The number of rotatable bonds is 8. The van der Waals surface area contributed by atoms with E-state index in [-0.39, 0.29) is 6.61 Å². The van der Waals surface area contributed by atoms with Crippen LogP contribution in [0.15, 0.2) is 42.6 Å². The molecular formula is C21H26F3N3O3. The minimum atomic E-state index is -4.38. The number of hydrogen-bond donors (Lipinski definition) is 1. The van der Waals surface area contributed by atoms with Crippen LogP contribution in [0.2, 0.25) is 0 Å². The van der Waals surface area contributed by atoms with Crippen molar-refractivity contribution in [2.75, 3.05) is 51.3 Å². The summed E-state index contributed by atoms with van der Waals surface area (Å²) in [4.78, 5) is 8.01. The number of pyridine rings is 1. The number of β-amino-alcohol motifs (C(OH)–C–C–N with tert-alkyl or cyclic N) is 1. The maximum atomic E-state index is 12.7. The summed E-state index contributed by atoms with van der Waals surface area (Å²) in [6.45, 7) is 3.78. The van der Waals surface area contributed by atoms with Crippen LogP contribution in [-0.4, -0.2) is 67.5 Å². The largest absolute Gasteiger partial charge is 0.497 e. The lowest BCUT2D eigenvalue weighted by molar-refractivity contribution is -0.137. The summed E-state index contributed by atoms with van der Waals surface area (Å²) in [7, 11) is 1.61. The molecule has 6 nitrogen and oxygen atoms in total. The van der Waals surface area contributed by atoms with Crippen LogP contribution in [0, 0.1) is 0 Å². The number of methoxy groups -OCH3 is 1. The van der Waals surface area contributed by atoms with Crippen LogP contribution in [0.4, 0.5) is 19.0 Å². The highest BCUT2D eigenvalue weighted by Gasteiger charge is 2.31. The second-order valence-corrected chi connectivity index (χ2v) is 7.21. The van der Waals surface area contributed by atoms with Gasteiger partial charge in [-0.15, -0.1) is 0 Å². The summed E-state index contributed by atoms with van der Waals surface area (Å²) < 4.78 is 48.7. The highest BCUT2D eigenvalue weighted by Crippen LogP contribution is 2.29. The smallest absolute Gasteiger partial charge is 0.417 e. The van der Waals surface area contributed by atoms with Crippen molar-refractivity contribution in [2.24, 2.45) is 0 Å². The summed E-state index contributed by atoms with van der Waals surface area (Å²) in [5.41, 5.74) is 0.253. The maximum Gasteiger partial charge on any atom is 0.417 e. The zero-order valence-electron chi connectivity index (χ0n) is 16.8. The van der Waals surface area contributed by atoms with E-state index >= 15 is 0 Å². The number of aromatic nitrogens is 1. The Morgan fingerprint density at radius 1 is 1.07 bits per heavy atom. The average Bonchev–Trinajstić information content (AvgIpc) is 2.74. The number of halogens is 3. The second kappa shape index (κ2) is 10.1. The van der Waals surface area contributed by atoms with Crippen LogP contribution < -0.4 is 9.64 Å². The van der Waals surface area contributed by atoms with Crippen molar-refractivity contribution in [3.8, 4) is 5.75 Å². The molecule has 1 aliphatic heterocycles. The number of benzene rings is 1. The quantitative estimate of drug-likeness (QED) is 0.702. The Labute approximate surface area is 173 Å². The third-order valence-corrected chi connectivity index (χ3v) is 4.98. The van der Waals surface area contributed by atoms with Crippen LogP contribution in [0.3, 0.4) is 0 Å². The highest BCUT2D eigenvalue weighted by molar-refractivity contribution is 5.40. The molecule has 1 fully saturated rings. The lowest BCUT2D eigenvalue weighted by atomic mass is 10.2. The van der Waals surface area contributed by atoms with Gasteiger partial charge in [0.25, 0.3) is 0 Å². The Balaban J connectivity index is 1.37. The molecule has 0 bridgehead atoms. The number of piperazine rings is 1. The van der Waals surface area contributed by atoms with Gasteiger partial charge < -0.3 is 19.5 Å². The standard InChI is InChI=1S/C21H26F3N3O3/c1-29-19-5-2-16(3-6-19)14-30-15-18(28)13-26-8-10-27(11-9-26)20-7-4-17(12-25-20)21(22,23)24/h2-7,12,18,28H,8-11,13-15H2,1H3/t18-/m1/s1. The molecule has 164 valence electrons. The molecule has 0 spiro atoms. The van der Waals surface area contributed by atoms with E-state index in [1.165, 1.54) is 6.07 Å². The first kappa shape index (κ1) is 22.3. The number of alkyl halides is 3. The molecule has 1 saturated heterocycles. The summed E-state index contributed by atoms with van der Waals surface area (Å²) in [5, 5.41) is 10.2. The van der Waals surface area contributed by atoms with E-state index in [9.17, 15) is 18.3 Å². The second-order valence-electron chi connectivity index (χ2n) is 7.21. The van der Waals surface area contributed by atoms with E-state index in [0.29, 0.717) is 45.1 Å². The van der Waals surface area contributed by atoms with E-state index in [1.807, 2.05) is 29.2 Å². The van der Waals surface area contributed by atoms with Gasteiger partial charge in [0, 0.05) is 38.9 Å². The van der Waals surface area contributed by atoms with Crippen molar-refractivity contribution in [3.63, 3.8) is 0 Å². The number of ether oxygens (including phenoxy) is 2. The third-order valence-electron chi connectivity index (χ3n) is 4.98. The van der Waals surface area contributed by atoms with Crippen LogP contribution in [-0.2, 0) is 17.5 Å². The first-order valence-electron chi connectivity index (χ1n) is 9.74. The Hall–Kier alpha value is -2.36. The zero-order valence-corrected chi connectivity index (χ0v) is 16.8. The number of aliphatic hydroxyl groups excluding tert-OH is 1. The van der Waals surface area contributed by atoms with Crippen LogP contribution in [0.1, 0.15) is 11.1 Å². The van der Waals surface area contributed by atoms with Crippen molar-refractivity contribution in [1.82, 2.24) is 9.88 Å². The van der Waals surface area contributed by atoms with Gasteiger partial charge in [0.2, 0.25) is 0 Å². The molecular weight excluding hydrogens is 399 g/mol. The molecule has 30 heavy (non-hydrogen) atoms. The summed E-state index contributed by atoms with van der Waals surface area (Å²) in [6, 6.07) is 10.0. The van der Waals surface area contributed by atoms with Gasteiger partial charge in [-0.25, -0.2) is 4.98 Å². The molecule has 9 heteroatoms. The number of nitrogens with zero attached hydrogens (tertiary/aromatic N) is 3. The van der Waals surface area contributed by atoms with Gasteiger partial charge in [0.05, 0.1) is 32.0 Å². The molecule has 2 heterocycles. The van der Waals surface area contributed by atoms with Crippen molar-refractivity contribution < 1.29 is 27.8 Å².